The number of hydrogen-bond donors (Lipinski definition) is 1. The molecule has 0 spiro atoms. The van der Waals surface area contributed by atoms with Crippen LogP contribution in [0.2, 0.25) is 0 Å². The largest absolute Gasteiger partial charge is 0.368 e. The van der Waals surface area contributed by atoms with Crippen molar-refractivity contribution in [1.82, 2.24) is 4.90 Å². The van der Waals surface area contributed by atoms with Crippen LogP contribution in [-0.2, 0) is 4.79 Å². The van der Waals surface area contributed by atoms with Crippen LogP contribution in [0.4, 0.5) is 16.2 Å². The molecule has 153 valence electrons. The van der Waals surface area contributed by atoms with E-state index in [1.807, 2.05) is 48.9 Å². The molecule has 3 aliphatic heterocycles. The van der Waals surface area contributed by atoms with E-state index in [9.17, 15) is 9.59 Å². The summed E-state index contributed by atoms with van der Waals surface area (Å²) in [5, 5.41) is 0. The Morgan fingerprint density at radius 2 is 1.67 bits per heavy atom. The molecular weight excluding hydrogens is 378 g/mol. The third kappa shape index (κ3) is 2.84. The third-order valence-corrected chi connectivity index (χ3v) is 6.17. The Hall–Kier alpha value is -3.35. The van der Waals surface area contributed by atoms with Crippen molar-refractivity contribution in [3.8, 4) is 0 Å². The van der Waals surface area contributed by atoms with Crippen molar-refractivity contribution in [2.75, 3.05) is 36.0 Å². The van der Waals surface area contributed by atoms with Gasteiger partial charge < -0.3 is 15.5 Å². The number of anilines is 2. The van der Waals surface area contributed by atoms with Crippen LogP contribution in [0.1, 0.15) is 18.4 Å². The van der Waals surface area contributed by atoms with E-state index in [0.29, 0.717) is 13.0 Å². The molecule has 7 nitrogen and oxygen atoms in total. The van der Waals surface area contributed by atoms with Gasteiger partial charge in [-0.3, -0.25) is 14.7 Å². The summed E-state index contributed by atoms with van der Waals surface area (Å²) in [6, 6.07) is 17.9. The number of urea groups is 1. The maximum Gasteiger partial charge on any atom is 0.325 e. The van der Waals surface area contributed by atoms with E-state index in [1.165, 1.54) is 0 Å². The zero-order valence-corrected chi connectivity index (χ0v) is 16.7. The van der Waals surface area contributed by atoms with E-state index in [-0.39, 0.29) is 12.6 Å². The Morgan fingerprint density at radius 3 is 2.33 bits per heavy atom. The van der Waals surface area contributed by atoms with E-state index in [4.69, 9.17) is 10.7 Å². The lowest BCUT2D eigenvalue weighted by Gasteiger charge is -2.30. The Kier molecular flexibility index (Phi) is 4.46. The van der Waals surface area contributed by atoms with Crippen molar-refractivity contribution < 1.29 is 9.59 Å². The summed E-state index contributed by atoms with van der Waals surface area (Å²) in [7, 11) is 0. The maximum atomic E-state index is 12.9. The van der Waals surface area contributed by atoms with Crippen LogP contribution in [0.5, 0.6) is 0 Å². The lowest BCUT2D eigenvalue weighted by atomic mass is 9.96. The molecule has 30 heavy (non-hydrogen) atoms. The quantitative estimate of drug-likeness (QED) is 0.853. The first-order valence-corrected chi connectivity index (χ1v) is 10.3. The number of carbonyl (C=O) groups is 2. The molecule has 3 aliphatic rings. The van der Waals surface area contributed by atoms with E-state index in [0.717, 1.165) is 42.3 Å². The Bertz CT molecular complexity index is 1000. The van der Waals surface area contributed by atoms with Crippen molar-refractivity contribution in [3.05, 3.63) is 66.6 Å². The minimum atomic E-state index is -0.990. The number of rotatable bonds is 4. The number of fused-ring (bicyclic) bond motifs is 1. The predicted octanol–water partition coefficient (Wildman–Crippen LogP) is 2.42. The molecule has 2 aromatic rings. The highest BCUT2D eigenvalue weighted by atomic mass is 16.2. The van der Waals surface area contributed by atoms with Crippen LogP contribution in [0.25, 0.3) is 0 Å². The number of amidine groups is 1. The average molecular weight is 402 g/mol. The molecule has 0 aliphatic carbocycles. The normalized spacial score (nSPS) is 23.5. The lowest BCUT2D eigenvalue weighted by Crippen LogP contribution is -2.53. The van der Waals surface area contributed by atoms with Gasteiger partial charge in [0.25, 0.3) is 0 Å². The van der Waals surface area contributed by atoms with Crippen molar-refractivity contribution in [2.45, 2.75) is 18.4 Å². The van der Waals surface area contributed by atoms with Gasteiger partial charge in [0.2, 0.25) is 5.91 Å². The van der Waals surface area contributed by atoms with Gasteiger partial charge in [-0.2, -0.15) is 0 Å². The fraction of sp³-hybridized carbons (Fsp3) is 0.304. The highest BCUT2D eigenvalue weighted by Crippen LogP contribution is 2.38. The highest BCUT2D eigenvalue weighted by Gasteiger charge is 2.56. The maximum absolute atomic E-state index is 12.9. The molecule has 2 saturated heterocycles. The first kappa shape index (κ1) is 18.7. The zero-order chi connectivity index (χ0) is 20.7. The molecule has 3 heterocycles. The van der Waals surface area contributed by atoms with Gasteiger partial charge in [0, 0.05) is 43.0 Å². The lowest BCUT2D eigenvalue weighted by molar-refractivity contribution is -0.124. The van der Waals surface area contributed by atoms with Crippen molar-refractivity contribution in [3.63, 3.8) is 0 Å². The third-order valence-electron chi connectivity index (χ3n) is 6.17. The monoisotopic (exact) mass is 402 g/mol. The second-order valence-electron chi connectivity index (χ2n) is 7.89. The van der Waals surface area contributed by atoms with Gasteiger partial charge in [-0.05, 0) is 37.1 Å². The molecule has 2 N–H and O–H groups in total. The van der Waals surface area contributed by atoms with Crippen molar-refractivity contribution in [2.24, 2.45) is 10.7 Å². The van der Waals surface area contributed by atoms with Gasteiger partial charge in [-0.1, -0.05) is 30.3 Å². The van der Waals surface area contributed by atoms with E-state index in [1.54, 1.807) is 9.80 Å². The molecule has 1 atom stereocenters. The minimum absolute atomic E-state index is 0.167. The first-order chi connectivity index (χ1) is 14.6. The summed E-state index contributed by atoms with van der Waals surface area (Å²) in [5.74, 6) is 0.499. The Balaban J connectivity index is 1.41. The minimum Gasteiger partial charge on any atom is -0.368 e. The van der Waals surface area contributed by atoms with Crippen LogP contribution in [0, 0.1) is 6.42 Å². The smallest absolute Gasteiger partial charge is 0.325 e. The van der Waals surface area contributed by atoms with E-state index < -0.39 is 11.4 Å². The SMILES string of the molecule is NC(=O)[C@]12[CH]CCN1C(=O)N(c1ccc(N3CCCN=C3c3ccccc3)cc1)C2. The topological polar surface area (TPSA) is 82.2 Å². The van der Waals surface area contributed by atoms with Crippen LogP contribution in [0.3, 0.4) is 0 Å². The molecule has 0 bridgehead atoms. The van der Waals surface area contributed by atoms with Crippen molar-refractivity contribution >= 4 is 29.1 Å². The van der Waals surface area contributed by atoms with E-state index >= 15 is 0 Å². The molecule has 0 aromatic heterocycles. The zero-order valence-electron chi connectivity index (χ0n) is 16.7. The molecule has 2 fully saturated rings. The number of nitrogens with two attached hydrogens (primary N) is 1. The van der Waals surface area contributed by atoms with Crippen molar-refractivity contribution in [1.29, 1.82) is 0 Å². The number of carbonyl (C=O) groups excluding carboxylic acids is 2. The van der Waals surface area contributed by atoms with Gasteiger partial charge >= 0.3 is 6.03 Å². The number of hydrogen-bond acceptors (Lipinski definition) is 4. The standard InChI is InChI=1S/C23H24N5O2/c24-21(29)23-12-4-15-28(23)22(30)27(16-23)19-10-8-18(9-11-19)26-14-5-13-25-20(26)17-6-2-1-3-7-17/h1-3,6-12H,4-5,13-16H2,(H2,24,29)/t23-/m1/s1. The summed E-state index contributed by atoms with van der Waals surface area (Å²) >= 11 is 0. The molecule has 2 aromatic carbocycles. The fourth-order valence-corrected chi connectivity index (χ4v) is 4.63. The van der Waals surface area contributed by atoms with Gasteiger partial charge in [0.15, 0.2) is 0 Å². The second-order valence-corrected chi connectivity index (χ2v) is 7.89. The second kappa shape index (κ2) is 7.16. The highest BCUT2D eigenvalue weighted by molar-refractivity contribution is 6.10. The molecule has 0 saturated carbocycles. The van der Waals surface area contributed by atoms with Crippen LogP contribution >= 0.6 is 0 Å². The number of primary amides is 1. The predicted molar refractivity (Wildman–Crippen MR) is 117 cm³/mol. The van der Waals surface area contributed by atoms with Crippen LogP contribution in [0.15, 0.2) is 59.6 Å². The molecule has 3 amide bonds. The molecule has 0 unspecified atom stereocenters. The Morgan fingerprint density at radius 1 is 0.967 bits per heavy atom. The summed E-state index contributed by atoms with van der Waals surface area (Å²) in [6.07, 6.45) is 3.56. The van der Waals surface area contributed by atoms with Gasteiger partial charge in [0.05, 0.1) is 6.54 Å². The van der Waals surface area contributed by atoms with Gasteiger partial charge in [-0.25, -0.2) is 4.79 Å². The number of benzene rings is 2. The van der Waals surface area contributed by atoms with Gasteiger partial charge in [-0.15, -0.1) is 0 Å². The molecular formula is C23H24N5O2. The first-order valence-electron chi connectivity index (χ1n) is 10.3. The van der Waals surface area contributed by atoms with E-state index in [2.05, 4.69) is 17.0 Å². The summed E-state index contributed by atoms with van der Waals surface area (Å²) in [6.45, 7) is 2.51. The summed E-state index contributed by atoms with van der Waals surface area (Å²) < 4.78 is 0. The van der Waals surface area contributed by atoms with Gasteiger partial charge in [0.1, 0.15) is 11.4 Å². The van der Waals surface area contributed by atoms with Crippen LogP contribution in [-0.4, -0.2) is 54.4 Å². The summed E-state index contributed by atoms with van der Waals surface area (Å²) in [4.78, 5) is 35.2. The number of amides is 3. The summed E-state index contributed by atoms with van der Waals surface area (Å²) in [5.41, 5.74) is 7.56. The Labute approximate surface area is 175 Å². The molecule has 7 heteroatoms. The van der Waals surface area contributed by atoms with Crippen LogP contribution < -0.4 is 15.5 Å². The molecule has 5 rings (SSSR count). The fourth-order valence-electron chi connectivity index (χ4n) is 4.63. The average Bonchev–Trinajstić information content (AvgIpc) is 3.34. The number of aliphatic imine (C=N–C) groups is 1. The number of nitrogens with zero attached hydrogens (tertiary/aromatic N) is 4. The molecule has 1 radical (unpaired) electrons.